The lowest BCUT2D eigenvalue weighted by Gasteiger charge is -2.16. The van der Waals surface area contributed by atoms with Crippen molar-refractivity contribution in [2.75, 3.05) is 30.9 Å². The van der Waals surface area contributed by atoms with E-state index in [1.165, 1.54) is 10.2 Å². The number of nitrogens with zero attached hydrogens (tertiary/aromatic N) is 1. The molecule has 1 aromatic rings. The molecule has 1 heterocycles. The van der Waals surface area contributed by atoms with E-state index in [4.69, 9.17) is 4.74 Å². The lowest BCUT2D eigenvalue weighted by Crippen LogP contribution is -2.44. The minimum atomic E-state index is -4.62. The number of anilines is 1. The number of urea groups is 1. The summed E-state index contributed by atoms with van der Waals surface area (Å²) in [5.41, 5.74) is 0.627. The van der Waals surface area contributed by atoms with Gasteiger partial charge >= 0.3 is 18.2 Å². The van der Waals surface area contributed by atoms with Gasteiger partial charge in [0, 0.05) is 23.5 Å². The lowest BCUT2D eigenvalue weighted by atomic mass is 10.1. The first-order chi connectivity index (χ1) is 13.6. The molecule has 0 radical (unpaired) electrons. The van der Waals surface area contributed by atoms with E-state index in [0.717, 1.165) is 4.90 Å². The number of alkyl halides is 3. The molecule has 12 heteroatoms. The summed E-state index contributed by atoms with van der Waals surface area (Å²) in [6, 6.07) is 5.83. The molecule has 1 atom stereocenters. The first-order valence-corrected chi connectivity index (χ1v) is 9.57. The number of halogens is 3. The van der Waals surface area contributed by atoms with Crippen LogP contribution < -0.4 is 15.5 Å². The Morgan fingerprint density at radius 3 is 2.48 bits per heavy atom. The molecule has 8 nitrogen and oxygen atoms in total. The maximum atomic E-state index is 12.2. The molecule has 1 aromatic carbocycles. The number of amides is 4. The van der Waals surface area contributed by atoms with Crippen LogP contribution in [0.5, 0.6) is 0 Å². The number of hydrogen-bond donors (Lipinski definition) is 2. The molecule has 2 N–H and O–H groups in total. The van der Waals surface area contributed by atoms with Crippen LogP contribution in [-0.4, -0.2) is 55.9 Å². The van der Waals surface area contributed by atoms with Crippen molar-refractivity contribution in [2.24, 2.45) is 5.92 Å². The molecule has 1 fully saturated rings. The topological polar surface area (TPSA) is 105 Å². The van der Waals surface area contributed by atoms with Gasteiger partial charge in [-0.1, -0.05) is 0 Å². The number of ether oxygens (including phenoxy) is 1. The molecule has 1 aliphatic heterocycles. The number of hydrogen-bond acceptors (Lipinski definition) is 6. The highest BCUT2D eigenvalue weighted by molar-refractivity contribution is 7.98. The zero-order valence-corrected chi connectivity index (χ0v) is 16.1. The molecule has 0 bridgehead atoms. The predicted molar refractivity (Wildman–Crippen MR) is 97.2 cm³/mol. The Labute approximate surface area is 168 Å². The van der Waals surface area contributed by atoms with Crippen LogP contribution in [-0.2, 0) is 19.1 Å². The smallest absolute Gasteiger partial charge is 0.405 e. The van der Waals surface area contributed by atoms with Crippen molar-refractivity contribution in [1.29, 1.82) is 0 Å². The Bertz CT molecular complexity index is 786. The number of benzene rings is 1. The molecular formula is C17H18F3N3O5S. The number of carbonyl (C=O) groups is 4. The summed E-state index contributed by atoms with van der Waals surface area (Å²) in [7, 11) is 0. The third kappa shape index (κ3) is 6.97. The second-order valence-corrected chi connectivity index (χ2v) is 6.94. The van der Waals surface area contributed by atoms with E-state index in [1.807, 2.05) is 18.4 Å². The molecule has 1 saturated heterocycles. The van der Waals surface area contributed by atoms with Gasteiger partial charge in [0.15, 0.2) is 6.61 Å². The fraction of sp³-hybridized carbons (Fsp3) is 0.412. The molecule has 0 spiro atoms. The van der Waals surface area contributed by atoms with Gasteiger partial charge in [-0.2, -0.15) is 13.2 Å². The molecule has 4 amide bonds. The Kier molecular flexibility index (Phi) is 7.48. The summed E-state index contributed by atoms with van der Waals surface area (Å²) >= 11 is 1.54. The summed E-state index contributed by atoms with van der Waals surface area (Å²) in [4.78, 5) is 49.3. The highest BCUT2D eigenvalue weighted by atomic mass is 32.2. The van der Waals surface area contributed by atoms with Crippen LogP contribution in [0, 0.1) is 5.92 Å². The summed E-state index contributed by atoms with van der Waals surface area (Å²) < 4.78 is 40.7. The van der Waals surface area contributed by atoms with Crippen molar-refractivity contribution in [3.8, 4) is 0 Å². The Balaban J connectivity index is 1.80. The van der Waals surface area contributed by atoms with Crippen LogP contribution in [0.25, 0.3) is 0 Å². The number of carbonyl (C=O) groups excluding carboxylic acids is 4. The number of nitrogens with one attached hydrogen (secondary N) is 2. The monoisotopic (exact) mass is 433 g/mol. The third-order valence-electron chi connectivity index (χ3n) is 3.89. The maximum Gasteiger partial charge on any atom is 0.405 e. The SMILES string of the molecule is CSc1ccc(N2CC(C(=O)OCC(=O)NC(=O)NCC(F)(F)F)CC2=O)cc1. The van der Waals surface area contributed by atoms with Crippen LogP contribution >= 0.6 is 11.8 Å². The number of imide groups is 1. The zero-order valence-electron chi connectivity index (χ0n) is 15.2. The van der Waals surface area contributed by atoms with Gasteiger partial charge in [0.05, 0.1) is 5.92 Å². The zero-order chi connectivity index (χ0) is 21.6. The van der Waals surface area contributed by atoms with Gasteiger partial charge in [-0.15, -0.1) is 11.8 Å². The standard InChI is InChI=1S/C17H18F3N3O5S/c1-29-12-4-2-11(3-5-12)23-7-10(6-14(23)25)15(26)28-8-13(24)22-16(27)21-9-17(18,19)20/h2-5,10H,6-9H2,1H3,(H2,21,22,24,27). The minimum Gasteiger partial charge on any atom is -0.455 e. The third-order valence-corrected chi connectivity index (χ3v) is 4.63. The first kappa shape index (κ1) is 22.5. The minimum absolute atomic E-state index is 0.0734. The van der Waals surface area contributed by atoms with Gasteiger partial charge in [-0.3, -0.25) is 19.7 Å². The molecule has 1 aliphatic rings. The van der Waals surface area contributed by atoms with E-state index in [-0.39, 0.29) is 18.9 Å². The quantitative estimate of drug-likeness (QED) is 0.523. The Morgan fingerprint density at radius 2 is 1.90 bits per heavy atom. The van der Waals surface area contributed by atoms with Crippen molar-refractivity contribution < 1.29 is 37.1 Å². The number of rotatable bonds is 6. The Morgan fingerprint density at radius 1 is 1.24 bits per heavy atom. The van der Waals surface area contributed by atoms with E-state index >= 15 is 0 Å². The molecule has 0 aromatic heterocycles. The van der Waals surface area contributed by atoms with Gasteiger partial charge < -0.3 is 15.0 Å². The lowest BCUT2D eigenvalue weighted by molar-refractivity contribution is -0.152. The fourth-order valence-electron chi connectivity index (χ4n) is 2.52. The van der Waals surface area contributed by atoms with Gasteiger partial charge in [0.2, 0.25) is 5.91 Å². The molecule has 0 aliphatic carbocycles. The van der Waals surface area contributed by atoms with Crippen LogP contribution in [0.2, 0.25) is 0 Å². The molecule has 2 rings (SSSR count). The van der Waals surface area contributed by atoms with Crippen LogP contribution in [0.4, 0.5) is 23.7 Å². The molecule has 29 heavy (non-hydrogen) atoms. The first-order valence-electron chi connectivity index (χ1n) is 8.34. The van der Waals surface area contributed by atoms with Crippen molar-refractivity contribution in [1.82, 2.24) is 10.6 Å². The van der Waals surface area contributed by atoms with Gasteiger partial charge in [-0.05, 0) is 30.5 Å². The molecule has 1 unspecified atom stereocenters. The van der Waals surface area contributed by atoms with Gasteiger partial charge in [-0.25, -0.2) is 4.79 Å². The average molecular weight is 433 g/mol. The van der Waals surface area contributed by atoms with E-state index in [2.05, 4.69) is 0 Å². The van der Waals surface area contributed by atoms with E-state index in [1.54, 1.807) is 29.2 Å². The normalized spacial score (nSPS) is 16.5. The van der Waals surface area contributed by atoms with Crippen LogP contribution in [0.15, 0.2) is 29.2 Å². The molecular weight excluding hydrogens is 415 g/mol. The largest absolute Gasteiger partial charge is 0.455 e. The van der Waals surface area contributed by atoms with Crippen molar-refractivity contribution in [3.05, 3.63) is 24.3 Å². The molecule has 0 saturated carbocycles. The van der Waals surface area contributed by atoms with Gasteiger partial charge in [0.1, 0.15) is 6.54 Å². The Hall–Kier alpha value is -2.76. The highest BCUT2D eigenvalue weighted by Crippen LogP contribution is 2.27. The van der Waals surface area contributed by atoms with Crippen LogP contribution in [0.3, 0.4) is 0 Å². The van der Waals surface area contributed by atoms with Crippen LogP contribution in [0.1, 0.15) is 6.42 Å². The van der Waals surface area contributed by atoms with E-state index < -0.39 is 43.2 Å². The van der Waals surface area contributed by atoms with Crippen molar-refractivity contribution >= 4 is 41.3 Å². The maximum absolute atomic E-state index is 12.2. The number of thioether (sulfide) groups is 1. The van der Waals surface area contributed by atoms with Gasteiger partial charge in [0.25, 0.3) is 5.91 Å². The second-order valence-electron chi connectivity index (χ2n) is 6.06. The summed E-state index contributed by atoms with van der Waals surface area (Å²) in [5, 5.41) is 3.05. The van der Waals surface area contributed by atoms with Crippen molar-refractivity contribution in [3.63, 3.8) is 0 Å². The highest BCUT2D eigenvalue weighted by Gasteiger charge is 2.36. The second kappa shape index (κ2) is 9.63. The molecule has 158 valence electrons. The fourth-order valence-corrected chi connectivity index (χ4v) is 2.93. The average Bonchev–Trinajstić information content (AvgIpc) is 3.06. The van der Waals surface area contributed by atoms with E-state index in [0.29, 0.717) is 5.69 Å². The van der Waals surface area contributed by atoms with E-state index in [9.17, 15) is 32.3 Å². The summed E-state index contributed by atoms with van der Waals surface area (Å²) in [6.07, 6.45) is -2.81. The number of esters is 1. The summed E-state index contributed by atoms with van der Waals surface area (Å²) in [5.74, 6) is -2.98. The van der Waals surface area contributed by atoms with Crippen molar-refractivity contribution in [2.45, 2.75) is 17.5 Å². The summed E-state index contributed by atoms with van der Waals surface area (Å²) in [6.45, 7) is -2.39. The predicted octanol–water partition coefficient (Wildman–Crippen LogP) is 1.69.